The van der Waals surface area contributed by atoms with Gasteiger partial charge in [0.2, 0.25) is 0 Å². The average molecular weight is 233 g/mol. The molecule has 0 spiro atoms. The molecule has 2 heterocycles. The molecule has 1 aromatic rings. The molecule has 0 unspecified atom stereocenters. The Balaban J connectivity index is 2.23. The first kappa shape index (κ1) is 10.6. The van der Waals surface area contributed by atoms with E-state index < -0.39 is 5.92 Å². The molecule has 1 fully saturated rings. The van der Waals surface area contributed by atoms with E-state index in [1.165, 1.54) is 0 Å². The minimum Gasteiger partial charge on any atom is -0.365 e. The van der Waals surface area contributed by atoms with Gasteiger partial charge in [-0.25, -0.2) is 8.78 Å². The molecule has 0 N–H and O–H groups in total. The van der Waals surface area contributed by atoms with Gasteiger partial charge in [0.1, 0.15) is 0 Å². The van der Waals surface area contributed by atoms with Crippen molar-refractivity contribution in [2.45, 2.75) is 18.2 Å². The van der Waals surface area contributed by atoms with Crippen LogP contribution in [0.25, 0.3) is 0 Å². The molecule has 82 valence electrons. The minimum atomic E-state index is -2.58. The molecule has 0 atom stereocenters. The first-order chi connectivity index (χ1) is 7.12. The minimum absolute atomic E-state index is 0.0863. The molecule has 5 heteroatoms. The van der Waals surface area contributed by atoms with E-state index in [1.54, 1.807) is 23.4 Å². The van der Waals surface area contributed by atoms with Gasteiger partial charge in [0.05, 0.1) is 12.4 Å². The number of alkyl halides is 3. The van der Waals surface area contributed by atoms with Gasteiger partial charge in [-0.2, -0.15) is 0 Å². The van der Waals surface area contributed by atoms with Crippen LogP contribution in [0.5, 0.6) is 0 Å². The molecule has 0 amide bonds. The van der Waals surface area contributed by atoms with Crippen LogP contribution in [0.2, 0.25) is 0 Å². The van der Waals surface area contributed by atoms with Crippen molar-refractivity contribution < 1.29 is 8.78 Å². The zero-order chi connectivity index (χ0) is 10.9. The Morgan fingerprint density at radius 1 is 1.53 bits per heavy atom. The fourth-order valence-corrected chi connectivity index (χ4v) is 1.98. The second-order valence-corrected chi connectivity index (χ2v) is 3.93. The zero-order valence-electron chi connectivity index (χ0n) is 8.09. The van der Waals surface area contributed by atoms with E-state index in [4.69, 9.17) is 11.6 Å². The van der Waals surface area contributed by atoms with Crippen molar-refractivity contribution >= 4 is 17.3 Å². The number of hydrogen-bond donors (Lipinski definition) is 0. The van der Waals surface area contributed by atoms with Gasteiger partial charge in [-0.3, -0.25) is 4.98 Å². The smallest absolute Gasteiger partial charge is 0.266 e. The number of rotatable bonds is 2. The van der Waals surface area contributed by atoms with E-state index in [2.05, 4.69) is 4.98 Å². The van der Waals surface area contributed by atoms with Gasteiger partial charge in [0, 0.05) is 36.6 Å². The number of aromatic nitrogens is 1. The van der Waals surface area contributed by atoms with Gasteiger partial charge >= 0.3 is 0 Å². The van der Waals surface area contributed by atoms with E-state index in [0.29, 0.717) is 12.4 Å². The summed E-state index contributed by atoms with van der Waals surface area (Å²) in [7, 11) is 0. The van der Waals surface area contributed by atoms with Crippen molar-refractivity contribution in [2.24, 2.45) is 0 Å². The van der Waals surface area contributed by atoms with Crippen molar-refractivity contribution in [3.63, 3.8) is 0 Å². The third kappa shape index (κ3) is 2.20. The van der Waals surface area contributed by atoms with E-state index >= 15 is 0 Å². The molecule has 0 saturated carbocycles. The van der Waals surface area contributed by atoms with Gasteiger partial charge in [0.15, 0.2) is 0 Å². The Kier molecular flexibility index (Phi) is 2.78. The highest BCUT2D eigenvalue weighted by Gasteiger charge is 2.38. The van der Waals surface area contributed by atoms with Crippen LogP contribution in [0.3, 0.4) is 0 Å². The predicted octanol–water partition coefficient (Wildman–Crippen LogP) is 2.67. The largest absolute Gasteiger partial charge is 0.365 e. The molecule has 1 aromatic heterocycles. The Morgan fingerprint density at radius 2 is 2.33 bits per heavy atom. The van der Waals surface area contributed by atoms with Crippen LogP contribution >= 0.6 is 11.6 Å². The quantitative estimate of drug-likeness (QED) is 0.729. The molecule has 2 nitrogen and oxygen atoms in total. The summed E-state index contributed by atoms with van der Waals surface area (Å²) in [5.41, 5.74) is 1.58. The van der Waals surface area contributed by atoms with E-state index in [0.717, 1.165) is 11.3 Å². The van der Waals surface area contributed by atoms with Crippen molar-refractivity contribution in [1.82, 2.24) is 4.98 Å². The Labute approximate surface area is 91.9 Å². The van der Waals surface area contributed by atoms with Gasteiger partial charge in [-0.15, -0.1) is 11.6 Å². The predicted molar refractivity (Wildman–Crippen MR) is 55.6 cm³/mol. The molecular formula is C10H11ClF2N2. The van der Waals surface area contributed by atoms with Gasteiger partial charge in [0.25, 0.3) is 5.92 Å². The third-order valence-electron chi connectivity index (χ3n) is 2.53. The topological polar surface area (TPSA) is 16.1 Å². The lowest BCUT2D eigenvalue weighted by Gasteiger charge is -2.20. The van der Waals surface area contributed by atoms with Gasteiger partial charge in [-0.1, -0.05) is 0 Å². The summed E-state index contributed by atoms with van der Waals surface area (Å²) in [6.07, 6.45) is 3.14. The Hall–Kier alpha value is -0.900. The van der Waals surface area contributed by atoms with Crippen LogP contribution in [0.15, 0.2) is 18.5 Å². The Bertz CT molecular complexity index is 357. The number of hydrogen-bond acceptors (Lipinski definition) is 2. The monoisotopic (exact) mass is 232 g/mol. The van der Waals surface area contributed by atoms with Crippen molar-refractivity contribution in [2.75, 3.05) is 18.0 Å². The van der Waals surface area contributed by atoms with Gasteiger partial charge < -0.3 is 4.90 Å². The maximum absolute atomic E-state index is 13.0. The van der Waals surface area contributed by atoms with Crippen LogP contribution in [0.4, 0.5) is 14.5 Å². The fourth-order valence-electron chi connectivity index (χ4n) is 1.77. The highest BCUT2D eigenvalue weighted by atomic mass is 35.5. The van der Waals surface area contributed by atoms with Crippen LogP contribution in [0, 0.1) is 0 Å². The summed E-state index contributed by atoms with van der Waals surface area (Å²) >= 11 is 5.73. The highest BCUT2D eigenvalue weighted by Crippen LogP contribution is 2.32. The van der Waals surface area contributed by atoms with E-state index in [9.17, 15) is 8.78 Å². The first-order valence-corrected chi connectivity index (χ1v) is 5.27. The lowest BCUT2D eigenvalue weighted by molar-refractivity contribution is 0.0257. The molecule has 1 aliphatic rings. The Morgan fingerprint density at radius 3 is 2.93 bits per heavy atom. The fraction of sp³-hybridized carbons (Fsp3) is 0.500. The normalized spacial score (nSPS) is 19.5. The van der Waals surface area contributed by atoms with Crippen molar-refractivity contribution in [3.05, 3.63) is 24.0 Å². The summed E-state index contributed by atoms with van der Waals surface area (Å²) < 4.78 is 26.1. The van der Waals surface area contributed by atoms with Gasteiger partial charge in [-0.05, 0) is 6.07 Å². The highest BCUT2D eigenvalue weighted by molar-refractivity contribution is 6.17. The molecule has 0 bridgehead atoms. The molecule has 1 saturated heterocycles. The zero-order valence-corrected chi connectivity index (χ0v) is 8.84. The summed E-state index contributed by atoms with van der Waals surface area (Å²) in [5, 5.41) is 0. The van der Waals surface area contributed by atoms with Crippen LogP contribution < -0.4 is 4.90 Å². The number of nitrogens with zero attached hydrogens (tertiary/aromatic N) is 2. The number of pyridine rings is 1. The van der Waals surface area contributed by atoms with Crippen molar-refractivity contribution in [3.8, 4) is 0 Å². The first-order valence-electron chi connectivity index (χ1n) is 4.74. The third-order valence-corrected chi connectivity index (χ3v) is 2.82. The second kappa shape index (κ2) is 3.93. The van der Waals surface area contributed by atoms with Crippen LogP contribution in [-0.4, -0.2) is 24.0 Å². The molecule has 0 aromatic carbocycles. The van der Waals surface area contributed by atoms with E-state index in [-0.39, 0.29) is 13.0 Å². The lowest BCUT2D eigenvalue weighted by Crippen LogP contribution is -2.25. The summed E-state index contributed by atoms with van der Waals surface area (Å²) in [4.78, 5) is 5.59. The number of halogens is 3. The van der Waals surface area contributed by atoms with Crippen LogP contribution in [-0.2, 0) is 5.88 Å². The molecule has 1 aliphatic heterocycles. The lowest BCUT2D eigenvalue weighted by atomic mass is 10.2. The molecular weight excluding hydrogens is 222 g/mol. The van der Waals surface area contributed by atoms with Crippen molar-refractivity contribution in [1.29, 1.82) is 0 Å². The maximum atomic E-state index is 13.0. The summed E-state index contributed by atoms with van der Waals surface area (Å²) in [6, 6.07) is 1.74. The van der Waals surface area contributed by atoms with Crippen LogP contribution in [0.1, 0.15) is 12.0 Å². The summed E-state index contributed by atoms with van der Waals surface area (Å²) in [6.45, 7) is 0.155. The SMILES string of the molecule is FC1(F)CCN(c2ccncc2CCl)C1. The second-order valence-electron chi connectivity index (χ2n) is 3.67. The average Bonchev–Trinajstić information content (AvgIpc) is 2.59. The molecule has 0 aliphatic carbocycles. The summed E-state index contributed by atoms with van der Waals surface area (Å²) in [5.74, 6) is -2.28. The standard InChI is InChI=1S/C10H11ClF2N2/c11-5-8-6-14-3-1-9(8)15-4-2-10(12,13)7-15/h1,3,6H,2,4-5,7H2. The molecule has 2 rings (SSSR count). The number of anilines is 1. The molecule has 15 heavy (non-hydrogen) atoms. The van der Waals surface area contributed by atoms with E-state index in [1.807, 2.05) is 0 Å². The molecule has 0 radical (unpaired) electrons. The maximum Gasteiger partial charge on any atom is 0.266 e.